The Labute approximate surface area is 151 Å². The summed E-state index contributed by atoms with van der Waals surface area (Å²) in [6, 6.07) is 0. The van der Waals surface area contributed by atoms with Crippen LogP contribution in [0, 0.1) is 12.8 Å². The van der Waals surface area contributed by atoms with Crippen molar-refractivity contribution in [2.24, 2.45) is 5.92 Å². The van der Waals surface area contributed by atoms with Crippen molar-refractivity contribution in [3.63, 3.8) is 0 Å². The Morgan fingerprint density at radius 3 is 2.83 bits per heavy atom. The number of hydrogen-bond donors (Lipinski definition) is 1. The first kappa shape index (κ1) is 17.7. The van der Waals surface area contributed by atoms with Gasteiger partial charge < -0.3 is 5.32 Å². The van der Waals surface area contributed by atoms with Gasteiger partial charge in [-0.05, 0) is 58.4 Å². The van der Waals surface area contributed by atoms with Crippen LogP contribution in [0.15, 0.2) is 5.03 Å². The number of aromatic nitrogens is 2. The van der Waals surface area contributed by atoms with Crippen molar-refractivity contribution in [1.82, 2.24) is 15.3 Å². The van der Waals surface area contributed by atoms with E-state index in [1.807, 2.05) is 39.0 Å². The zero-order valence-electron chi connectivity index (χ0n) is 15.0. The van der Waals surface area contributed by atoms with Crippen molar-refractivity contribution in [1.29, 1.82) is 0 Å². The molecular formula is C18H25N3OS2. The van der Waals surface area contributed by atoms with Crippen LogP contribution in [-0.4, -0.2) is 27.2 Å². The minimum absolute atomic E-state index is 0.0506. The van der Waals surface area contributed by atoms with E-state index in [1.54, 1.807) is 0 Å². The standard InChI is InChI=1S/C18H25N3OS2/c1-10-6-7-12-13(8-10)24-17-15(12)16(19-11(2)20-17)23-9-14(22)21-18(3,4)5/h10H,6-9H2,1-5H3,(H,21,22)/t10-/m0/s1. The molecule has 0 aliphatic heterocycles. The van der Waals surface area contributed by atoms with Crippen molar-refractivity contribution in [3.05, 3.63) is 16.3 Å². The van der Waals surface area contributed by atoms with Crippen LogP contribution < -0.4 is 5.32 Å². The fourth-order valence-corrected chi connectivity index (χ4v) is 5.50. The molecule has 2 aromatic rings. The Balaban J connectivity index is 1.89. The highest BCUT2D eigenvalue weighted by molar-refractivity contribution is 8.00. The molecule has 1 N–H and O–H groups in total. The Bertz CT molecular complexity index is 777. The average molecular weight is 364 g/mol. The molecule has 1 aliphatic carbocycles. The summed E-state index contributed by atoms with van der Waals surface area (Å²) in [5, 5.41) is 5.18. The zero-order valence-corrected chi connectivity index (χ0v) is 16.7. The van der Waals surface area contributed by atoms with Gasteiger partial charge in [0.05, 0.1) is 5.75 Å². The van der Waals surface area contributed by atoms with Crippen molar-refractivity contribution in [2.75, 3.05) is 5.75 Å². The number of aryl methyl sites for hydroxylation is 2. The molecule has 0 unspecified atom stereocenters. The predicted octanol–water partition coefficient (Wildman–Crippen LogP) is 4.13. The molecule has 0 bridgehead atoms. The number of amides is 1. The Hall–Kier alpha value is -1.14. The van der Waals surface area contributed by atoms with Gasteiger partial charge in [-0.25, -0.2) is 9.97 Å². The van der Waals surface area contributed by atoms with E-state index in [1.165, 1.54) is 34.0 Å². The van der Waals surface area contributed by atoms with Gasteiger partial charge >= 0.3 is 0 Å². The summed E-state index contributed by atoms with van der Waals surface area (Å²) in [7, 11) is 0. The topological polar surface area (TPSA) is 54.9 Å². The summed E-state index contributed by atoms with van der Waals surface area (Å²) in [6.07, 6.45) is 3.47. The van der Waals surface area contributed by atoms with Gasteiger partial charge in [-0.3, -0.25) is 4.79 Å². The lowest BCUT2D eigenvalue weighted by atomic mass is 9.89. The van der Waals surface area contributed by atoms with Gasteiger partial charge in [-0.15, -0.1) is 11.3 Å². The van der Waals surface area contributed by atoms with Gasteiger partial charge in [0.2, 0.25) is 5.91 Å². The maximum atomic E-state index is 12.2. The highest BCUT2D eigenvalue weighted by Gasteiger charge is 2.24. The third-order valence-electron chi connectivity index (χ3n) is 4.09. The molecule has 0 saturated carbocycles. The Kier molecular flexibility index (Phi) is 4.89. The van der Waals surface area contributed by atoms with Crippen LogP contribution in [0.25, 0.3) is 10.2 Å². The molecule has 0 fully saturated rings. The summed E-state index contributed by atoms with van der Waals surface area (Å²) in [4.78, 5) is 24.0. The number of thioether (sulfide) groups is 1. The minimum atomic E-state index is -0.202. The third-order valence-corrected chi connectivity index (χ3v) is 6.21. The van der Waals surface area contributed by atoms with Gasteiger partial charge in [-0.2, -0.15) is 0 Å². The van der Waals surface area contributed by atoms with E-state index in [2.05, 4.69) is 22.2 Å². The molecule has 0 aromatic carbocycles. The van der Waals surface area contributed by atoms with E-state index >= 15 is 0 Å². The maximum Gasteiger partial charge on any atom is 0.230 e. The Morgan fingerprint density at radius 1 is 1.38 bits per heavy atom. The molecular weight excluding hydrogens is 338 g/mol. The van der Waals surface area contributed by atoms with Crippen LogP contribution in [0.4, 0.5) is 0 Å². The van der Waals surface area contributed by atoms with Crippen LogP contribution in [-0.2, 0) is 17.6 Å². The van der Waals surface area contributed by atoms with Crippen LogP contribution in [0.1, 0.15) is 50.4 Å². The largest absolute Gasteiger partial charge is 0.351 e. The first-order chi connectivity index (χ1) is 11.2. The molecule has 2 heterocycles. The summed E-state index contributed by atoms with van der Waals surface area (Å²) < 4.78 is 0. The molecule has 0 spiro atoms. The van der Waals surface area contributed by atoms with E-state index in [4.69, 9.17) is 0 Å². The van der Waals surface area contributed by atoms with E-state index < -0.39 is 0 Å². The highest BCUT2D eigenvalue weighted by atomic mass is 32.2. The lowest BCUT2D eigenvalue weighted by molar-refractivity contribution is -0.119. The van der Waals surface area contributed by atoms with Crippen LogP contribution in [0.3, 0.4) is 0 Å². The van der Waals surface area contributed by atoms with Crippen molar-refractivity contribution < 1.29 is 4.79 Å². The number of carbonyl (C=O) groups excluding carboxylic acids is 1. The van der Waals surface area contributed by atoms with Gasteiger partial charge in [0.15, 0.2) is 0 Å². The number of thiophene rings is 1. The molecule has 4 nitrogen and oxygen atoms in total. The summed E-state index contributed by atoms with van der Waals surface area (Å²) in [5.41, 5.74) is 1.22. The van der Waals surface area contributed by atoms with E-state index in [0.717, 1.165) is 34.4 Å². The van der Waals surface area contributed by atoms with Gasteiger partial charge in [0.25, 0.3) is 0 Å². The lowest BCUT2D eigenvalue weighted by Crippen LogP contribution is -2.41. The van der Waals surface area contributed by atoms with E-state index in [9.17, 15) is 4.79 Å². The number of nitrogens with one attached hydrogen (secondary N) is 1. The SMILES string of the molecule is Cc1nc(SCC(=O)NC(C)(C)C)c2c3c(sc2n1)C[C@@H](C)CC3. The second-order valence-corrected chi connectivity index (χ2v) is 9.74. The van der Waals surface area contributed by atoms with Gasteiger partial charge in [-0.1, -0.05) is 18.7 Å². The molecule has 0 radical (unpaired) electrons. The molecule has 130 valence electrons. The fourth-order valence-electron chi connectivity index (χ4n) is 3.10. The second kappa shape index (κ2) is 6.64. The molecule has 0 saturated heterocycles. The predicted molar refractivity (Wildman–Crippen MR) is 102 cm³/mol. The normalized spacial score (nSPS) is 17.8. The van der Waals surface area contributed by atoms with Gasteiger partial charge in [0, 0.05) is 15.8 Å². The number of fused-ring (bicyclic) bond motifs is 3. The fraction of sp³-hybridized carbons (Fsp3) is 0.611. The first-order valence-electron chi connectivity index (χ1n) is 8.45. The van der Waals surface area contributed by atoms with Crippen LogP contribution >= 0.6 is 23.1 Å². The lowest BCUT2D eigenvalue weighted by Gasteiger charge is -2.20. The number of hydrogen-bond acceptors (Lipinski definition) is 5. The monoisotopic (exact) mass is 363 g/mol. The molecule has 2 aromatic heterocycles. The van der Waals surface area contributed by atoms with E-state index in [-0.39, 0.29) is 11.4 Å². The quantitative estimate of drug-likeness (QED) is 0.658. The summed E-state index contributed by atoms with van der Waals surface area (Å²) in [6.45, 7) is 10.2. The summed E-state index contributed by atoms with van der Waals surface area (Å²) in [5.74, 6) is 1.97. The molecule has 1 amide bonds. The maximum absolute atomic E-state index is 12.2. The van der Waals surface area contributed by atoms with Crippen LogP contribution in [0.2, 0.25) is 0 Å². The number of nitrogens with zero attached hydrogens (tertiary/aromatic N) is 2. The van der Waals surface area contributed by atoms with Crippen molar-refractivity contribution in [2.45, 2.75) is 64.4 Å². The second-order valence-electron chi connectivity index (χ2n) is 7.69. The van der Waals surface area contributed by atoms with E-state index in [0.29, 0.717) is 5.75 Å². The first-order valence-corrected chi connectivity index (χ1v) is 10.3. The van der Waals surface area contributed by atoms with Crippen molar-refractivity contribution in [3.8, 4) is 0 Å². The molecule has 24 heavy (non-hydrogen) atoms. The smallest absolute Gasteiger partial charge is 0.230 e. The number of carbonyl (C=O) groups is 1. The molecule has 1 aliphatic rings. The summed E-state index contributed by atoms with van der Waals surface area (Å²) >= 11 is 3.35. The van der Waals surface area contributed by atoms with Gasteiger partial charge in [0.1, 0.15) is 15.7 Å². The number of rotatable bonds is 3. The average Bonchev–Trinajstić information content (AvgIpc) is 2.79. The molecule has 1 atom stereocenters. The van der Waals surface area contributed by atoms with Crippen molar-refractivity contribution >= 4 is 39.2 Å². The Morgan fingerprint density at radius 2 is 2.12 bits per heavy atom. The minimum Gasteiger partial charge on any atom is -0.351 e. The third kappa shape index (κ3) is 3.91. The molecule has 3 rings (SSSR count). The highest BCUT2D eigenvalue weighted by Crippen LogP contribution is 2.40. The molecule has 6 heteroatoms. The zero-order chi connectivity index (χ0) is 17.5. The van der Waals surface area contributed by atoms with Crippen LogP contribution in [0.5, 0.6) is 0 Å².